The van der Waals surface area contributed by atoms with Crippen LogP contribution in [0, 0.1) is 0 Å². The highest BCUT2D eigenvalue weighted by molar-refractivity contribution is 6.20. The van der Waals surface area contributed by atoms with Gasteiger partial charge in [0.2, 0.25) is 0 Å². The molecule has 0 spiro atoms. The number of nitrogens with zero attached hydrogens (tertiary/aromatic N) is 4. The second-order valence-corrected chi connectivity index (χ2v) is 12.6. The minimum atomic E-state index is 0.614. The van der Waals surface area contributed by atoms with Crippen LogP contribution < -0.4 is 0 Å². The molecule has 10 rings (SSSR count). The summed E-state index contributed by atoms with van der Waals surface area (Å²) < 4.78 is 6.76. The van der Waals surface area contributed by atoms with Crippen molar-refractivity contribution in [2.45, 2.75) is 0 Å². The summed E-state index contributed by atoms with van der Waals surface area (Å²) >= 11 is 0. The summed E-state index contributed by atoms with van der Waals surface area (Å²) in [6, 6.07) is 55.9. The second-order valence-electron chi connectivity index (χ2n) is 12.6. The number of furan rings is 1. The minimum Gasteiger partial charge on any atom is -0.455 e. The van der Waals surface area contributed by atoms with E-state index in [2.05, 4.69) is 84.9 Å². The monoisotopic (exact) mass is 652 g/mol. The molecule has 0 N–H and O–H groups in total. The van der Waals surface area contributed by atoms with Crippen molar-refractivity contribution in [3.8, 4) is 56.5 Å². The van der Waals surface area contributed by atoms with Gasteiger partial charge in [-0.25, -0.2) is 15.0 Å². The van der Waals surface area contributed by atoms with E-state index in [1.165, 1.54) is 0 Å². The van der Waals surface area contributed by atoms with E-state index in [0.29, 0.717) is 17.5 Å². The predicted molar refractivity (Wildman–Crippen MR) is 207 cm³/mol. The zero-order valence-electron chi connectivity index (χ0n) is 27.4. The van der Waals surface area contributed by atoms with Gasteiger partial charge in [-0.15, -0.1) is 0 Å². The first-order valence-corrected chi connectivity index (χ1v) is 17.0. The molecule has 0 aliphatic carbocycles. The van der Waals surface area contributed by atoms with Crippen LogP contribution in [0.5, 0.6) is 0 Å². The van der Waals surface area contributed by atoms with E-state index >= 15 is 0 Å². The van der Waals surface area contributed by atoms with Crippen molar-refractivity contribution in [3.05, 3.63) is 170 Å². The number of benzene rings is 7. The molecule has 10 aromatic rings. The van der Waals surface area contributed by atoms with E-state index < -0.39 is 0 Å². The van der Waals surface area contributed by atoms with Gasteiger partial charge < -0.3 is 4.42 Å². The van der Waals surface area contributed by atoms with E-state index in [9.17, 15) is 0 Å². The summed E-state index contributed by atoms with van der Waals surface area (Å²) in [5, 5.41) is 6.40. The van der Waals surface area contributed by atoms with Gasteiger partial charge in [0.15, 0.2) is 17.5 Å². The molecule has 0 amide bonds. The van der Waals surface area contributed by atoms with Crippen molar-refractivity contribution in [1.29, 1.82) is 0 Å². The fourth-order valence-corrected chi connectivity index (χ4v) is 7.12. The maximum Gasteiger partial charge on any atom is 0.164 e. The number of aromatic nitrogens is 4. The third-order valence-corrected chi connectivity index (χ3v) is 9.56. The SMILES string of the molecule is c1ccc(-c2nc(-c3ccccc3)nc(-c3ccc(-c4ncc(-c5ccccc5)c5oc6cc7ccccc7cc6c45)c4ccccc34)n2)cc1. The number of pyridine rings is 1. The summed E-state index contributed by atoms with van der Waals surface area (Å²) in [7, 11) is 0. The van der Waals surface area contributed by atoms with Gasteiger partial charge in [0.1, 0.15) is 11.2 Å². The van der Waals surface area contributed by atoms with Gasteiger partial charge in [-0.05, 0) is 45.3 Å². The number of hydrogen-bond donors (Lipinski definition) is 0. The van der Waals surface area contributed by atoms with Crippen molar-refractivity contribution in [3.63, 3.8) is 0 Å². The smallest absolute Gasteiger partial charge is 0.164 e. The van der Waals surface area contributed by atoms with Crippen LogP contribution in [0.3, 0.4) is 0 Å². The topological polar surface area (TPSA) is 64.7 Å². The van der Waals surface area contributed by atoms with Crippen LogP contribution in [0.15, 0.2) is 174 Å². The van der Waals surface area contributed by atoms with Crippen molar-refractivity contribution in [2.75, 3.05) is 0 Å². The lowest BCUT2D eigenvalue weighted by Gasteiger charge is -2.14. The molecule has 5 nitrogen and oxygen atoms in total. The molecule has 3 aromatic heterocycles. The molecule has 238 valence electrons. The van der Waals surface area contributed by atoms with E-state index in [1.807, 2.05) is 85.1 Å². The van der Waals surface area contributed by atoms with E-state index in [0.717, 1.165) is 82.6 Å². The van der Waals surface area contributed by atoms with Crippen LogP contribution in [0.2, 0.25) is 0 Å². The Morgan fingerprint density at radius 1 is 0.392 bits per heavy atom. The zero-order chi connectivity index (χ0) is 33.7. The Kier molecular flexibility index (Phi) is 6.74. The van der Waals surface area contributed by atoms with Crippen LogP contribution in [0.25, 0.3) is 100 Å². The Morgan fingerprint density at radius 3 is 1.55 bits per heavy atom. The number of fused-ring (bicyclic) bond motifs is 5. The Labute approximate surface area is 293 Å². The quantitative estimate of drug-likeness (QED) is 0.185. The molecular formula is C46H28N4O. The van der Waals surface area contributed by atoms with Gasteiger partial charge in [-0.3, -0.25) is 4.98 Å². The molecule has 0 radical (unpaired) electrons. The third-order valence-electron chi connectivity index (χ3n) is 9.56. The molecule has 0 atom stereocenters. The fraction of sp³-hybridized carbons (Fsp3) is 0. The lowest BCUT2D eigenvalue weighted by molar-refractivity contribution is 0.670. The average molecular weight is 653 g/mol. The largest absolute Gasteiger partial charge is 0.455 e. The minimum absolute atomic E-state index is 0.614. The molecule has 3 heterocycles. The van der Waals surface area contributed by atoms with E-state index in [1.54, 1.807) is 0 Å². The standard InChI is InChI=1S/C46H28N4O/c1-4-14-29(15-5-1)39-28-47-42(41-38-26-32-20-10-11-21-33(32)27-40(38)51-43(39)41)36-24-25-37(35-23-13-12-22-34(35)36)46-49-44(30-16-6-2-7-17-30)48-45(50-46)31-18-8-3-9-19-31/h1-28H. The third kappa shape index (κ3) is 4.94. The maximum absolute atomic E-state index is 6.76. The summed E-state index contributed by atoms with van der Waals surface area (Å²) in [5.41, 5.74) is 8.35. The van der Waals surface area contributed by atoms with Crippen molar-refractivity contribution in [2.24, 2.45) is 0 Å². The molecule has 0 aliphatic heterocycles. The highest BCUT2D eigenvalue weighted by Crippen LogP contribution is 2.44. The molecule has 0 bridgehead atoms. The molecule has 0 aliphatic rings. The van der Waals surface area contributed by atoms with Gasteiger partial charge in [-0.1, -0.05) is 146 Å². The van der Waals surface area contributed by atoms with Crippen LogP contribution in [0.1, 0.15) is 0 Å². The Balaban J connectivity index is 1.23. The highest BCUT2D eigenvalue weighted by Gasteiger charge is 2.22. The Hall–Kier alpha value is -6.98. The molecule has 7 aromatic carbocycles. The number of rotatable bonds is 5. The first kappa shape index (κ1) is 29.0. The molecule has 0 unspecified atom stereocenters. The predicted octanol–water partition coefficient (Wildman–Crippen LogP) is 11.8. The first-order chi connectivity index (χ1) is 25.3. The normalized spacial score (nSPS) is 11.5. The average Bonchev–Trinajstić information content (AvgIpc) is 3.58. The zero-order valence-corrected chi connectivity index (χ0v) is 27.4. The summed E-state index contributed by atoms with van der Waals surface area (Å²) in [6.45, 7) is 0. The summed E-state index contributed by atoms with van der Waals surface area (Å²) in [6.07, 6.45) is 1.95. The van der Waals surface area contributed by atoms with Crippen LogP contribution >= 0.6 is 0 Å². The van der Waals surface area contributed by atoms with Crippen molar-refractivity contribution in [1.82, 2.24) is 19.9 Å². The van der Waals surface area contributed by atoms with Crippen LogP contribution in [-0.4, -0.2) is 19.9 Å². The van der Waals surface area contributed by atoms with Gasteiger partial charge in [0.05, 0.1) is 11.1 Å². The highest BCUT2D eigenvalue weighted by atomic mass is 16.3. The van der Waals surface area contributed by atoms with Crippen LogP contribution in [0.4, 0.5) is 0 Å². The summed E-state index contributed by atoms with van der Waals surface area (Å²) in [4.78, 5) is 20.2. The van der Waals surface area contributed by atoms with E-state index in [-0.39, 0.29) is 0 Å². The first-order valence-electron chi connectivity index (χ1n) is 17.0. The molecule has 5 heteroatoms. The fourth-order valence-electron chi connectivity index (χ4n) is 7.12. The summed E-state index contributed by atoms with van der Waals surface area (Å²) in [5.74, 6) is 1.87. The number of hydrogen-bond acceptors (Lipinski definition) is 5. The maximum atomic E-state index is 6.76. The Bertz CT molecular complexity index is 2840. The molecule has 0 fully saturated rings. The molecule has 0 saturated carbocycles. The molecule has 0 saturated heterocycles. The van der Waals surface area contributed by atoms with Gasteiger partial charge in [0, 0.05) is 39.4 Å². The van der Waals surface area contributed by atoms with Crippen LogP contribution in [-0.2, 0) is 0 Å². The van der Waals surface area contributed by atoms with E-state index in [4.69, 9.17) is 24.4 Å². The van der Waals surface area contributed by atoms with Gasteiger partial charge >= 0.3 is 0 Å². The van der Waals surface area contributed by atoms with Gasteiger partial charge in [-0.2, -0.15) is 0 Å². The Morgan fingerprint density at radius 2 is 0.902 bits per heavy atom. The molecular weight excluding hydrogens is 625 g/mol. The molecule has 51 heavy (non-hydrogen) atoms. The second kappa shape index (κ2) is 11.9. The van der Waals surface area contributed by atoms with Crippen molar-refractivity contribution >= 4 is 43.5 Å². The lowest BCUT2D eigenvalue weighted by Crippen LogP contribution is -2.00. The lowest BCUT2D eigenvalue weighted by atomic mass is 9.93. The van der Waals surface area contributed by atoms with Crippen molar-refractivity contribution < 1.29 is 4.42 Å². The van der Waals surface area contributed by atoms with Gasteiger partial charge in [0.25, 0.3) is 0 Å².